The Labute approximate surface area is 129 Å². The number of alkyl halides is 3. The fraction of sp³-hybridized carbons (Fsp3) is 0.133. The van der Waals surface area contributed by atoms with E-state index in [1.807, 2.05) is 0 Å². The maximum atomic E-state index is 12.4. The van der Waals surface area contributed by atoms with Gasteiger partial charge >= 0.3 is 12.1 Å². The van der Waals surface area contributed by atoms with Gasteiger partial charge < -0.3 is 4.74 Å². The lowest BCUT2D eigenvalue weighted by Crippen LogP contribution is -2.05. The highest BCUT2D eigenvalue weighted by Crippen LogP contribution is 2.28. The van der Waals surface area contributed by atoms with Crippen LogP contribution in [-0.4, -0.2) is 24.3 Å². The molecule has 23 heavy (non-hydrogen) atoms. The first kappa shape index (κ1) is 16.5. The minimum atomic E-state index is -4.42. The molecular formula is C15H12F3N3O2. The first-order chi connectivity index (χ1) is 10.9. The van der Waals surface area contributed by atoms with Crippen molar-refractivity contribution in [1.82, 2.24) is 4.98 Å². The summed E-state index contributed by atoms with van der Waals surface area (Å²) in [6.45, 7) is 0. The third kappa shape index (κ3) is 4.53. The van der Waals surface area contributed by atoms with Crippen LogP contribution in [0.25, 0.3) is 0 Å². The minimum absolute atomic E-state index is 0.181. The molecule has 1 aromatic carbocycles. The molecule has 0 atom stereocenters. The Kier molecular flexibility index (Phi) is 4.95. The molecule has 0 spiro atoms. The number of benzene rings is 1. The van der Waals surface area contributed by atoms with Gasteiger partial charge in [0.1, 0.15) is 5.82 Å². The molecule has 2 rings (SSSR count). The average Bonchev–Trinajstić information content (AvgIpc) is 2.54. The second kappa shape index (κ2) is 6.91. The standard InChI is InChI=1S/C15H12F3N3O2/c1-23-14(22)11-4-2-10(3-5-11)8-20-21-13-7-6-12(9-19-13)15(16,17)18/h2-9H,1H3,(H,19,21)/b20-8+. The number of nitrogens with zero attached hydrogens (tertiary/aromatic N) is 2. The highest BCUT2D eigenvalue weighted by atomic mass is 19.4. The van der Waals surface area contributed by atoms with E-state index in [1.54, 1.807) is 24.3 Å². The number of pyridine rings is 1. The molecule has 0 aliphatic rings. The van der Waals surface area contributed by atoms with Crippen molar-refractivity contribution >= 4 is 18.0 Å². The van der Waals surface area contributed by atoms with E-state index in [1.165, 1.54) is 19.4 Å². The molecule has 8 heteroatoms. The van der Waals surface area contributed by atoms with E-state index in [0.29, 0.717) is 11.1 Å². The molecule has 0 unspecified atom stereocenters. The Hall–Kier alpha value is -2.90. The van der Waals surface area contributed by atoms with Crippen molar-refractivity contribution in [2.45, 2.75) is 6.18 Å². The third-order valence-corrected chi connectivity index (χ3v) is 2.82. The topological polar surface area (TPSA) is 63.6 Å². The molecule has 1 aromatic heterocycles. The Morgan fingerprint density at radius 2 is 1.91 bits per heavy atom. The largest absolute Gasteiger partial charge is 0.465 e. The summed E-state index contributed by atoms with van der Waals surface area (Å²) in [5.74, 6) is -0.263. The summed E-state index contributed by atoms with van der Waals surface area (Å²) in [5.41, 5.74) is 2.79. The van der Waals surface area contributed by atoms with Crippen LogP contribution in [-0.2, 0) is 10.9 Å². The highest BCUT2D eigenvalue weighted by molar-refractivity contribution is 5.90. The predicted molar refractivity (Wildman–Crippen MR) is 78.2 cm³/mol. The zero-order valence-corrected chi connectivity index (χ0v) is 12.0. The van der Waals surface area contributed by atoms with E-state index in [2.05, 4.69) is 20.2 Å². The molecule has 1 N–H and O–H groups in total. The van der Waals surface area contributed by atoms with Gasteiger partial charge in [0.05, 0.1) is 24.5 Å². The van der Waals surface area contributed by atoms with Crippen molar-refractivity contribution in [1.29, 1.82) is 0 Å². The maximum Gasteiger partial charge on any atom is 0.417 e. The van der Waals surface area contributed by atoms with Crippen molar-refractivity contribution in [3.05, 3.63) is 59.3 Å². The number of esters is 1. The maximum absolute atomic E-state index is 12.4. The number of methoxy groups -OCH3 is 1. The zero-order valence-electron chi connectivity index (χ0n) is 12.0. The lowest BCUT2D eigenvalue weighted by molar-refractivity contribution is -0.137. The lowest BCUT2D eigenvalue weighted by Gasteiger charge is -2.06. The first-order valence-electron chi connectivity index (χ1n) is 6.41. The fourth-order valence-corrected chi connectivity index (χ4v) is 1.62. The summed E-state index contributed by atoms with van der Waals surface area (Å²) >= 11 is 0. The highest BCUT2D eigenvalue weighted by Gasteiger charge is 2.30. The summed E-state index contributed by atoms with van der Waals surface area (Å²) < 4.78 is 41.7. The van der Waals surface area contributed by atoms with Crippen LogP contribution >= 0.6 is 0 Å². The Balaban J connectivity index is 1.97. The number of anilines is 1. The fourth-order valence-electron chi connectivity index (χ4n) is 1.62. The number of rotatable bonds is 4. The van der Waals surface area contributed by atoms with E-state index in [0.717, 1.165) is 12.3 Å². The van der Waals surface area contributed by atoms with Crippen LogP contribution in [0, 0.1) is 0 Å². The van der Waals surface area contributed by atoms with Gasteiger partial charge in [-0.15, -0.1) is 0 Å². The number of hydrogen-bond acceptors (Lipinski definition) is 5. The smallest absolute Gasteiger partial charge is 0.417 e. The van der Waals surface area contributed by atoms with Gasteiger partial charge in [0.15, 0.2) is 0 Å². The zero-order chi connectivity index (χ0) is 16.9. The van der Waals surface area contributed by atoms with Crippen LogP contribution in [0.3, 0.4) is 0 Å². The van der Waals surface area contributed by atoms with E-state index in [9.17, 15) is 18.0 Å². The summed E-state index contributed by atoms with van der Waals surface area (Å²) in [6, 6.07) is 8.54. The van der Waals surface area contributed by atoms with Crippen LogP contribution in [0.4, 0.5) is 19.0 Å². The molecule has 0 aliphatic carbocycles. The first-order valence-corrected chi connectivity index (χ1v) is 6.41. The summed E-state index contributed by atoms with van der Waals surface area (Å²) in [4.78, 5) is 14.9. The van der Waals surface area contributed by atoms with Crippen molar-refractivity contribution in [3.63, 3.8) is 0 Å². The number of hydrazone groups is 1. The molecule has 0 amide bonds. The van der Waals surface area contributed by atoms with Crippen LogP contribution in [0.1, 0.15) is 21.5 Å². The molecule has 2 aromatic rings. The molecule has 5 nitrogen and oxygen atoms in total. The lowest BCUT2D eigenvalue weighted by atomic mass is 10.1. The minimum Gasteiger partial charge on any atom is -0.465 e. The van der Waals surface area contributed by atoms with Gasteiger partial charge in [0, 0.05) is 6.20 Å². The van der Waals surface area contributed by atoms with Gasteiger partial charge in [-0.05, 0) is 29.8 Å². The normalized spacial score (nSPS) is 11.5. The van der Waals surface area contributed by atoms with Gasteiger partial charge in [-0.2, -0.15) is 18.3 Å². The molecule has 0 saturated carbocycles. The molecule has 0 fully saturated rings. The van der Waals surface area contributed by atoms with Crippen LogP contribution < -0.4 is 5.43 Å². The van der Waals surface area contributed by atoms with E-state index < -0.39 is 17.7 Å². The van der Waals surface area contributed by atoms with Crippen LogP contribution in [0.15, 0.2) is 47.7 Å². The molecule has 0 radical (unpaired) electrons. The number of ether oxygens (including phenoxy) is 1. The number of aromatic nitrogens is 1. The molecule has 120 valence electrons. The molecule has 1 heterocycles. The monoisotopic (exact) mass is 323 g/mol. The Bertz CT molecular complexity index is 695. The summed E-state index contributed by atoms with van der Waals surface area (Å²) in [5, 5.41) is 3.86. The van der Waals surface area contributed by atoms with Crippen LogP contribution in [0.5, 0.6) is 0 Å². The second-order valence-electron chi connectivity index (χ2n) is 4.41. The predicted octanol–water partition coefficient (Wildman–Crippen LogP) is 3.33. The molecule has 0 bridgehead atoms. The number of nitrogens with one attached hydrogen (secondary N) is 1. The van der Waals surface area contributed by atoms with E-state index >= 15 is 0 Å². The summed E-state index contributed by atoms with van der Waals surface area (Å²) in [7, 11) is 1.29. The molecular weight excluding hydrogens is 311 g/mol. The summed E-state index contributed by atoms with van der Waals surface area (Å²) in [6.07, 6.45) is -2.25. The average molecular weight is 323 g/mol. The number of carbonyl (C=O) groups is 1. The molecule has 0 saturated heterocycles. The SMILES string of the molecule is COC(=O)c1ccc(/C=N/Nc2ccc(C(F)(F)F)cn2)cc1. The van der Waals surface area contributed by atoms with Gasteiger partial charge in [0.2, 0.25) is 0 Å². The van der Waals surface area contributed by atoms with Crippen LogP contribution in [0.2, 0.25) is 0 Å². The van der Waals surface area contributed by atoms with Gasteiger partial charge in [-0.3, -0.25) is 5.43 Å². The quantitative estimate of drug-likeness (QED) is 0.532. The molecule has 0 aliphatic heterocycles. The van der Waals surface area contributed by atoms with Gasteiger partial charge in [0.25, 0.3) is 0 Å². The third-order valence-electron chi connectivity index (χ3n) is 2.82. The Morgan fingerprint density at radius 3 is 2.43 bits per heavy atom. The van der Waals surface area contributed by atoms with E-state index in [-0.39, 0.29) is 5.82 Å². The Morgan fingerprint density at radius 1 is 1.22 bits per heavy atom. The van der Waals surface area contributed by atoms with Crippen molar-refractivity contribution in [3.8, 4) is 0 Å². The number of carbonyl (C=O) groups excluding carboxylic acids is 1. The van der Waals surface area contributed by atoms with Crippen molar-refractivity contribution in [2.75, 3.05) is 12.5 Å². The second-order valence-corrected chi connectivity index (χ2v) is 4.41. The van der Waals surface area contributed by atoms with E-state index in [4.69, 9.17) is 0 Å². The number of halogens is 3. The van der Waals surface area contributed by atoms with Gasteiger partial charge in [-0.25, -0.2) is 9.78 Å². The van der Waals surface area contributed by atoms with Crippen molar-refractivity contribution in [2.24, 2.45) is 5.10 Å². The number of hydrogen-bond donors (Lipinski definition) is 1. The van der Waals surface area contributed by atoms with Crippen molar-refractivity contribution < 1.29 is 22.7 Å². The van der Waals surface area contributed by atoms with Gasteiger partial charge in [-0.1, -0.05) is 12.1 Å².